The molecule has 1 aliphatic carbocycles. The quantitative estimate of drug-likeness (QED) is 0.790. The molecule has 1 atom stereocenters. The number of hydrogen-bond donors (Lipinski definition) is 2. The van der Waals surface area contributed by atoms with Gasteiger partial charge >= 0.3 is 5.97 Å². The van der Waals surface area contributed by atoms with Gasteiger partial charge in [0, 0.05) is 5.70 Å². The first-order valence-electron chi connectivity index (χ1n) is 5.09. The molecule has 16 heavy (non-hydrogen) atoms. The van der Waals surface area contributed by atoms with Crippen LogP contribution in [0.1, 0.15) is 12.0 Å². The molecular formula is C13H13NO2. The van der Waals surface area contributed by atoms with Gasteiger partial charge in [0.2, 0.25) is 0 Å². The monoisotopic (exact) mass is 215 g/mol. The summed E-state index contributed by atoms with van der Waals surface area (Å²) in [6, 6.07) is 9.21. The second kappa shape index (κ2) is 3.85. The zero-order valence-corrected chi connectivity index (χ0v) is 8.76. The van der Waals surface area contributed by atoms with Crippen LogP contribution in [0, 0.1) is 0 Å². The number of aliphatic carboxylic acids is 1. The Hall–Kier alpha value is -2.03. The molecule has 0 aliphatic heterocycles. The van der Waals surface area contributed by atoms with E-state index < -0.39 is 11.4 Å². The molecule has 0 heterocycles. The zero-order valence-electron chi connectivity index (χ0n) is 8.76. The average Bonchev–Trinajstić information content (AvgIpc) is 2.31. The maximum atomic E-state index is 11.5. The van der Waals surface area contributed by atoms with Crippen molar-refractivity contribution in [2.24, 2.45) is 5.73 Å². The fraction of sp³-hybridized carbons (Fsp3) is 0.154. The highest BCUT2D eigenvalue weighted by atomic mass is 16.4. The van der Waals surface area contributed by atoms with Crippen LogP contribution in [-0.4, -0.2) is 11.1 Å². The van der Waals surface area contributed by atoms with Gasteiger partial charge < -0.3 is 10.8 Å². The van der Waals surface area contributed by atoms with Crippen LogP contribution in [0.2, 0.25) is 0 Å². The summed E-state index contributed by atoms with van der Waals surface area (Å²) in [6.07, 6.45) is 5.47. The Bertz CT molecular complexity index is 462. The van der Waals surface area contributed by atoms with E-state index in [2.05, 4.69) is 0 Å². The fourth-order valence-electron chi connectivity index (χ4n) is 1.89. The van der Waals surface area contributed by atoms with E-state index in [1.807, 2.05) is 30.3 Å². The van der Waals surface area contributed by atoms with Gasteiger partial charge in [0.25, 0.3) is 0 Å². The Morgan fingerprint density at radius 2 is 2.00 bits per heavy atom. The van der Waals surface area contributed by atoms with Crippen LogP contribution in [0.4, 0.5) is 0 Å². The predicted molar refractivity (Wildman–Crippen MR) is 61.8 cm³/mol. The van der Waals surface area contributed by atoms with Crippen molar-refractivity contribution < 1.29 is 9.90 Å². The predicted octanol–water partition coefficient (Wildman–Crippen LogP) is 1.81. The smallest absolute Gasteiger partial charge is 0.318 e. The van der Waals surface area contributed by atoms with E-state index in [-0.39, 0.29) is 0 Å². The minimum atomic E-state index is -0.968. The summed E-state index contributed by atoms with van der Waals surface area (Å²) in [7, 11) is 0. The van der Waals surface area contributed by atoms with Crippen LogP contribution >= 0.6 is 0 Å². The third kappa shape index (κ3) is 1.60. The molecule has 1 aliphatic rings. The van der Waals surface area contributed by atoms with Crippen molar-refractivity contribution in [3.05, 3.63) is 59.8 Å². The molecule has 3 N–H and O–H groups in total. The molecule has 1 aromatic rings. The summed E-state index contributed by atoms with van der Waals surface area (Å²) in [5, 5.41) is 9.41. The molecule has 0 bridgehead atoms. The molecular weight excluding hydrogens is 202 g/mol. The largest absolute Gasteiger partial charge is 0.480 e. The number of allylic oxidation sites excluding steroid dienone is 2. The summed E-state index contributed by atoms with van der Waals surface area (Å²) in [5.74, 6) is -0.848. The molecule has 0 radical (unpaired) electrons. The van der Waals surface area contributed by atoms with Crippen molar-refractivity contribution in [2.45, 2.75) is 11.8 Å². The molecule has 1 aromatic carbocycles. The van der Waals surface area contributed by atoms with Crippen LogP contribution in [0.25, 0.3) is 0 Å². The normalized spacial score (nSPS) is 23.9. The van der Waals surface area contributed by atoms with Crippen molar-refractivity contribution >= 4 is 5.97 Å². The number of rotatable bonds is 2. The lowest BCUT2D eigenvalue weighted by Crippen LogP contribution is -2.34. The number of benzene rings is 1. The second-order valence-corrected chi connectivity index (χ2v) is 3.88. The van der Waals surface area contributed by atoms with Crippen LogP contribution in [0.15, 0.2) is 54.3 Å². The van der Waals surface area contributed by atoms with Crippen molar-refractivity contribution in [1.29, 1.82) is 0 Å². The minimum Gasteiger partial charge on any atom is -0.480 e. The van der Waals surface area contributed by atoms with Gasteiger partial charge in [0.1, 0.15) is 5.41 Å². The van der Waals surface area contributed by atoms with E-state index in [0.29, 0.717) is 12.1 Å². The average molecular weight is 215 g/mol. The summed E-state index contributed by atoms with van der Waals surface area (Å²) in [6.45, 7) is 0. The molecule has 3 heteroatoms. The maximum absolute atomic E-state index is 11.5. The van der Waals surface area contributed by atoms with Gasteiger partial charge in [0.15, 0.2) is 0 Å². The first kappa shape index (κ1) is 10.5. The molecule has 0 aromatic heterocycles. The van der Waals surface area contributed by atoms with Crippen LogP contribution in [-0.2, 0) is 10.2 Å². The molecule has 0 saturated heterocycles. The lowest BCUT2D eigenvalue weighted by atomic mass is 9.75. The Kier molecular flexibility index (Phi) is 2.52. The number of carbonyl (C=O) groups is 1. The van der Waals surface area contributed by atoms with Gasteiger partial charge in [-0.05, 0) is 18.1 Å². The summed E-state index contributed by atoms with van der Waals surface area (Å²) in [5.41, 5.74) is 6.05. The first-order chi connectivity index (χ1) is 7.65. The highest BCUT2D eigenvalue weighted by Crippen LogP contribution is 2.33. The standard InChI is InChI=1S/C13H13NO2/c14-11-6-8-13(9-7-11,12(15)16)10-4-2-1-3-5-10/h1-8H,9,14H2,(H,15,16). The van der Waals surface area contributed by atoms with Crippen LogP contribution in [0.3, 0.4) is 0 Å². The molecule has 3 nitrogen and oxygen atoms in total. The summed E-state index contributed by atoms with van der Waals surface area (Å²) >= 11 is 0. The van der Waals surface area contributed by atoms with Crippen LogP contribution in [0.5, 0.6) is 0 Å². The van der Waals surface area contributed by atoms with Gasteiger partial charge in [-0.2, -0.15) is 0 Å². The van der Waals surface area contributed by atoms with Gasteiger partial charge in [0.05, 0.1) is 0 Å². The van der Waals surface area contributed by atoms with Crippen molar-refractivity contribution in [1.82, 2.24) is 0 Å². The third-order valence-corrected chi connectivity index (χ3v) is 2.89. The van der Waals surface area contributed by atoms with Crippen molar-refractivity contribution in [3.63, 3.8) is 0 Å². The highest BCUT2D eigenvalue weighted by Gasteiger charge is 2.38. The second-order valence-electron chi connectivity index (χ2n) is 3.88. The maximum Gasteiger partial charge on any atom is 0.318 e. The lowest BCUT2D eigenvalue weighted by Gasteiger charge is -2.27. The van der Waals surface area contributed by atoms with E-state index in [1.165, 1.54) is 0 Å². The number of hydrogen-bond acceptors (Lipinski definition) is 2. The topological polar surface area (TPSA) is 63.3 Å². The Labute approximate surface area is 93.9 Å². The molecule has 0 amide bonds. The van der Waals surface area contributed by atoms with Gasteiger partial charge in [-0.1, -0.05) is 42.5 Å². The fourth-order valence-corrected chi connectivity index (χ4v) is 1.89. The number of carboxylic acid groups (broad SMARTS) is 1. The SMILES string of the molecule is NC1=CCC(C(=O)O)(c2ccccc2)C=C1. The van der Waals surface area contributed by atoms with E-state index in [4.69, 9.17) is 5.73 Å². The molecule has 2 rings (SSSR count). The molecule has 0 fully saturated rings. The van der Waals surface area contributed by atoms with Gasteiger partial charge in [-0.15, -0.1) is 0 Å². The van der Waals surface area contributed by atoms with Gasteiger partial charge in [-0.3, -0.25) is 4.79 Å². The van der Waals surface area contributed by atoms with Gasteiger partial charge in [-0.25, -0.2) is 0 Å². The number of carboxylic acids is 1. The van der Waals surface area contributed by atoms with Crippen molar-refractivity contribution in [3.8, 4) is 0 Å². The molecule has 0 spiro atoms. The third-order valence-electron chi connectivity index (χ3n) is 2.89. The Morgan fingerprint density at radius 3 is 2.50 bits per heavy atom. The number of nitrogens with two attached hydrogens (primary N) is 1. The van der Waals surface area contributed by atoms with E-state index in [9.17, 15) is 9.90 Å². The minimum absolute atomic E-state index is 0.398. The van der Waals surface area contributed by atoms with Crippen molar-refractivity contribution in [2.75, 3.05) is 0 Å². The molecule has 0 saturated carbocycles. The van der Waals surface area contributed by atoms with Crippen LogP contribution < -0.4 is 5.73 Å². The Morgan fingerprint density at radius 1 is 1.31 bits per heavy atom. The molecule has 1 unspecified atom stereocenters. The molecule has 82 valence electrons. The van der Waals surface area contributed by atoms with E-state index in [0.717, 1.165) is 5.56 Å². The Balaban J connectivity index is 2.47. The summed E-state index contributed by atoms with van der Waals surface area (Å²) in [4.78, 5) is 11.5. The van der Waals surface area contributed by atoms with E-state index >= 15 is 0 Å². The summed E-state index contributed by atoms with van der Waals surface area (Å²) < 4.78 is 0. The lowest BCUT2D eigenvalue weighted by molar-refractivity contribution is -0.141. The zero-order chi connectivity index (χ0) is 11.6. The highest BCUT2D eigenvalue weighted by molar-refractivity contribution is 5.85. The first-order valence-corrected chi connectivity index (χ1v) is 5.09. The van der Waals surface area contributed by atoms with E-state index in [1.54, 1.807) is 18.2 Å².